The number of carboxylic acid groups (broad SMARTS) is 1. The van der Waals surface area contributed by atoms with Crippen LogP contribution < -0.4 is 4.74 Å². The number of ether oxygens (including phenoxy) is 1. The van der Waals surface area contributed by atoms with Gasteiger partial charge in [0.05, 0.1) is 12.2 Å². The van der Waals surface area contributed by atoms with Crippen molar-refractivity contribution in [2.24, 2.45) is 0 Å². The van der Waals surface area contributed by atoms with Crippen molar-refractivity contribution in [2.75, 3.05) is 6.61 Å². The lowest BCUT2D eigenvalue weighted by Gasteiger charge is -2.09. The maximum Gasteiger partial charge on any atom is 0.336 e. The fraction of sp³-hybridized carbons (Fsp3) is 0.118. The minimum absolute atomic E-state index is 0.288. The topological polar surface area (TPSA) is 46.5 Å². The summed E-state index contributed by atoms with van der Waals surface area (Å²) >= 11 is 0. The molecular formula is C17H16O3. The van der Waals surface area contributed by atoms with Crippen molar-refractivity contribution >= 4 is 5.97 Å². The van der Waals surface area contributed by atoms with Gasteiger partial charge in [-0.1, -0.05) is 36.4 Å². The molecule has 102 valence electrons. The largest absolute Gasteiger partial charge is 0.493 e. The van der Waals surface area contributed by atoms with Gasteiger partial charge in [-0.25, -0.2) is 4.79 Å². The lowest BCUT2D eigenvalue weighted by atomic mass is 10.00. The SMILES string of the molecule is C=CCCOc1cccc(-c2ccccc2C(=O)O)c1. The zero-order valence-electron chi connectivity index (χ0n) is 11.1. The summed E-state index contributed by atoms with van der Waals surface area (Å²) in [7, 11) is 0. The van der Waals surface area contributed by atoms with Crippen LogP contribution in [0.2, 0.25) is 0 Å². The highest BCUT2D eigenvalue weighted by Crippen LogP contribution is 2.27. The van der Waals surface area contributed by atoms with E-state index in [1.54, 1.807) is 24.3 Å². The Morgan fingerprint density at radius 3 is 2.75 bits per heavy atom. The van der Waals surface area contributed by atoms with E-state index in [2.05, 4.69) is 6.58 Å². The first-order valence-corrected chi connectivity index (χ1v) is 6.39. The molecule has 3 nitrogen and oxygen atoms in total. The van der Waals surface area contributed by atoms with Gasteiger partial charge in [0, 0.05) is 0 Å². The second-order valence-electron chi connectivity index (χ2n) is 4.30. The van der Waals surface area contributed by atoms with Gasteiger partial charge in [0.25, 0.3) is 0 Å². The van der Waals surface area contributed by atoms with Gasteiger partial charge in [-0.3, -0.25) is 0 Å². The Hall–Kier alpha value is -2.55. The summed E-state index contributed by atoms with van der Waals surface area (Å²) in [6.45, 7) is 4.21. The number of aromatic carboxylic acids is 1. The molecule has 2 aromatic rings. The Kier molecular flexibility index (Phi) is 4.56. The van der Waals surface area contributed by atoms with Gasteiger partial charge in [0.15, 0.2) is 0 Å². The second kappa shape index (κ2) is 6.57. The maximum absolute atomic E-state index is 11.2. The van der Waals surface area contributed by atoms with Crippen molar-refractivity contribution in [3.63, 3.8) is 0 Å². The third-order valence-corrected chi connectivity index (χ3v) is 2.89. The molecule has 20 heavy (non-hydrogen) atoms. The average molecular weight is 268 g/mol. The van der Waals surface area contributed by atoms with E-state index in [1.165, 1.54) is 0 Å². The first-order valence-electron chi connectivity index (χ1n) is 6.39. The van der Waals surface area contributed by atoms with Crippen LogP contribution in [0.4, 0.5) is 0 Å². The van der Waals surface area contributed by atoms with E-state index >= 15 is 0 Å². The van der Waals surface area contributed by atoms with Crippen molar-refractivity contribution in [1.82, 2.24) is 0 Å². The molecule has 0 bridgehead atoms. The number of hydrogen-bond acceptors (Lipinski definition) is 2. The van der Waals surface area contributed by atoms with Crippen LogP contribution in [0.25, 0.3) is 11.1 Å². The molecule has 0 saturated heterocycles. The molecule has 0 aromatic heterocycles. The van der Waals surface area contributed by atoms with Gasteiger partial charge in [-0.2, -0.15) is 0 Å². The number of hydrogen-bond donors (Lipinski definition) is 1. The van der Waals surface area contributed by atoms with E-state index in [1.807, 2.05) is 30.3 Å². The summed E-state index contributed by atoms with van der Waals surface area (Å²) in [6.07, 6.45) is 2.57. The summed E-state index contributed by atoms with van der Waals surface area (Å²) in [5.41, 5.74) is 1.81. The molecule has 1 N–H and O–H groups in total. The van der Waals surface area contributed by atoms with Crippen LogP contribution in [-0.4, -0.2) is 17.7 Å². The zero-order valence-corrected chi connectivity index (χ0v) is 11.1. The van der Waals surface area contributed by atoms with Crippen LogP contribution >= 0.6 is 0 Å². The van der Waals surface area contributed by atoms with E-state index in [0.717, 1.165) is 17.7 Å². The Balaban J connectivity index is 2.31. The van der Waals surface area contributed by atoms with Crippen LogP contribution in [0, 0.1) is 0 Å². The highest BCUT2D eigenvalue weighted by molar-refractivity contribution is 5.96. The Morgan fingerprint density at radius 1 is 1.20 bits per heavy atom. The van der Waals surface area contributed by atoms with Crippen molar-refractivity contribution < 1.29 is 14.6 Å². The molecule has 2 aromatic carbocycles. The highest BCUT2D eigenvalue weighted by Gasteiger charge is 2.11. The van der Waals surface area contributed by atoms with Crippen LogP contribution in [0.3, 0.4) is 0 Å². The summed E-state index contributed by atoms with van der Waals surface area (Å²) in [5, 5.41) is 9.23. The molecule has 0 amide bonds. The van der Waals surface area contributed by atoms with Crippen molar-refractivity contribution in [1.29, 1.82) is 0 Å². The normalized spacial score (nSPS) is 10.0. The van der Waals surface area contributed by atoms with E-state index < -0.39 is 5.97 Å². The first-order chi connectivity index (χ1) is 9.72. The summed E-state index contributed by atoms with van der Waals surface area (Å²) in [6, 6.07) is 14.4. The number of benzene rings is 2. The molecule has 0 atom stereocenters. The van der Waals surface area contributed by atoms with Gasteiger partial charge < -0.3 is 9.84 Å². The van der Waals surface area contributed by atoms with Crippen molar-refractivity contribution in [3.05, 3.63) is 66.7 Å². The lowest BCUT2D eigenvalue weighted by Crippen LogP contribution is -1.99. The van der Waals surface area contributed by atoms with E-state index in [-0.39, 0.29) is 5.56 Å². The smallest absolute Gasteiger partial charge is 0.336 e. The fourth-order valence-electron chi connectivity index (χ4n) is 1.93. The maximum atomic E-state index is 11.2. The minimum Gasteiger partial charge on any atom is -0.493 e. The van der Waals surface area contributed by atoms with E-state index in [4.69, 9.17) is 4.74 Å². The monoisotopic (exact) mass is 268 g/mol. The minimum atomic E-state index is -0.932. The molecule has 0 unspecified atom stereocenters. The molecule has 0 radical (unpaired) electrons. The van der Waals surface area contributed by atoms with E-state index in [0.29, 0.717) is 12.2 Å². The van der Waals surface area contributed by atoms with E-state index in [9.17, 15) is 9.90 Å². The molecule has 0 saturated carbocycles. The third kappa shape index (κ3) is 3.26. The standard InChI is InChI=1S/C17H16O3/c1-2-3-11-20-14-8-6-7-13(12-14)15-9-4-5-10-16(15)17(18)19/h2,4-10,12H,1,3,11H2,(H,18,19). The Morgan fingerprint density at radius 2 is 2.00 bits per heavy atom. The van der Waals surface area contributed by atoms with Crippen molar-refractivity contribution in [3.8, 4) is 16.9 Å². The molecule has 3 heteroatoms. The third-order valence-electron chi connectivity index (χ3n) is 2.89. The summed E-state index contributed by atoms with van der Waals surface area (Å²) < 4.78 is 5.59. The van der Waals surface area contributed by atoms with Crippen LogP contribution in [0.15, 0.2) is 61.2 Å². The summed E-state index contributed by atoms with van der Waals surface area (Å²) in [4.78, 5) is 11.2. The number of carboxylic acids is 1. The Labute approximate surface area is 118 Å². The molecule has 0 aliphatic carbocycles. The average Bonchev–Trinajstić information content (AvgIpc) is 2.48. The molecule has 2 rings (SSSR count). The van der Waals surface area contributed by atoms with Crippen LogP contribution in [0.5, 0.6) is 5.75 Å². The quantitative estimate of drug-likeness (QED) is 0.636. The molecule has 0 aliphatic heterocycles. The fourth-order valence-corrected chi connectivity index (χ4v) is 1.93. The molecule has 0 fully saturated rings. The zero-order chi connectivity index (χ0) is 14.4. The molecular weight excluding hydrogens is 252 g/mol. The van der Waals surface area contributed by atoms with Crippen LogP contribution in [-0.2, 0) is 0 Å². The van der Waals surface area contributed by atoms with Gasteiger partial charge in [-0.05, 0) is 35.7 Å². The van der Waals surface area contributed by atoms with Gasteiger partial charge in [0.1, 0.15) is 5.75 Å². The van der Waals surface area contributed by atoms with Crippen LogP contribution in [0.1, 0.15) is 16.8 Å². The molecule has 0 heterocycles. The Bertz CT molecular complexity index is 617. The molecule has 0 aliphatic rings. The predicted octanol–water partition coefficient (Wildman–Crippen LogP) is 4.01. The summed E-state index contributed by atoms with van der Waals surface area (Å²) in [5.74, 6) is -0.205. The number of carbonyl (C=O) groups is 1. The second-order valence-corrected chi connectivity index (χ2v) is 4.30. The lowest BCUT2D eigenvalue weighted by molar-refractivity contribution is 0.0697. The first kappa shape index (κ1) is 13.9. The molecule has 0 spiro atoms. The van der Waals surface area contributed by atoms with Gasteiger partial charge >= 0.3 is 5.97 Å². The van der Waals surface area contributed by atoms with Gasteiger partial charge in [-0.15, -0.1) is 6.58 Å². The predicted molar refractivity (Wildman–Crippen MR) is 79.1 cm³/mol. The number of rotatable bonds is 6. The van der Waals surface area contributed by atoms with Crippen molar-refractivity contribution in [2.45, 2.75) is 6.42 Å². The highest BCUT2D eigenvalue weighted by atomic mass is 16.5. The van der Waals surface area contributed by atoms with Gasteiger partial charge in [0.2, 0.25) is 0 Å².